The van der Waals surface area contributed by atoms with Crippen LogP contribution in [-0.2, 0) is 47.4 Å². The summed E-state index contributed by atoms with van der Waals surface area (Å²) in [7, 11) is 0. The molecule has 0 aromatic heterocycles. The third kappa shape index (κ3) is 7.09. The summed E-state index contributed by atoms with van der Waals surface area (Å²) in [5.41, 5.74) is 0. The quantitative estimate of drug-likeness (QED) is 0.111. The molecule has 15 fully saturated rings. The van der Waals surface area contributed by atoms with Crippen LogP contribution in [0.1, 0.15) is 34.6 Å². The van der Waals surface area contributed by atoms with Gasteiger partial charge >= 0.3 is 0 Å². The molecule has 50 heavy (non-hydrogen) atoms. The van der Waals surface area contributed by atoms with Gasteiger partial charge < -0.3 is 98.4 Å². The van der Waals surface area contributed by atoms with E-state index >= 15 is 0 Å². The molecule has 25 atom stereocenters. The molecule has 0 aromatic carbocycles. The zero-order valence-electron chi connectivity index (χ0n) is 28.0. The van der Waals surface area contributed by atoms with Crippen LogP contribution in [0.3, 0.4) is 0 Å². The Balaban J connectivity index is 1.29. The number of aliphatic hydroxyl groups is 10. The van der Waals surface area contributed by atoms with E-state index in [4.69, 9.17) is 47.4 Å². The molecule has 0 unspecified atom stereocenters. The molecule has 0 aliphatic carbocycles. The monoisotopic (exact) mass is 730 g/mol. The van der Waals surface area contributed by atoms with Gasteiger partial charge in [-0.3, -0.25) is 0 Å². The fourth-order valence-corrected chi connectivity index (χ4v) is 7.31. The predicted octanol–water partition coefficient (Wildman–Crippen LogP) is -5.74. The van der Waals surface area contributed by atoms with Crippen LogP contribution < -0.4 is 0 Å². The van der Waals surface area contributed by atoms with Gasteiger partial charge in [-0.15, -0.1) is 0 Å². The van der Waals surface area contributed by atoms with Crippen LogP contribution in [0, 0.1) is 0 Å². The van der Waals surface area contributed by atoms with E-state index < -0.39 is 154 Å². The van der Waals surface area contributed by atoms with Gasteiger partial charge in [0, 0.05) is 0 Å². The van der Waals surface area contributed by atoms with Crippen LogP contribution in [0.15, 0.2) is 0 Å². The number of hydrogen-bond donors (Lipinski definition) is 10. The Labute approximate surface area is 286 Å². The average molecular weight is 731 g/mol. The molecule has 0 aromatic rings. The van der Waals surface area contributed by atoms with Crippen molar-refractivity contribution in [2.24, 2.45) is 0 Å². The first-order chi connectivity index (χ1) is 23.5. The van der Waals surface area contributed by atoms with Gasteiger partial charge in [0.15, 0.2) is 31.5 Å². The lowest BCUT2D eigenvalue weighted by Crippen LogP contribution is -2.66. The molecule has 0 radical (unpaired) electrons. The van der Waals surface area contributed by atoms with Crippen molar-refractivity contribution >= 4 is 0 Å². The fraction of sp³-hybridized carbons (Fsp3) is 1.00. The Morgan fingerprint density at radius 3 is 0.500 bits per heavy atom. The molecule has 15 heterocycles. The molecule has 0 saturated carbocycles. The van der Waals surface area contributed by atoms with Gasteiger partial charge in [0.2, 0.25) is 0 Å². The number of ether oxygens (including phenoxy) is 10. The number of aliphatic hydroxyl groups excluding tert-OH is 10. The van der Waals surface area contributed by atoms with Crippen molar-refractivity contribution in [2.45, 2.75) is 188 Å². The van der Waals surface area contributed by atoms with Crippen molar-refractivity contribution in [3.05, 3.63) is 0 Å². The van der Waals surface area contributed by atoms with E-state index in [-0.39, 0.29) is 0 Å². The van der Waals surface area contributed by atoms with Crippen molar-refractivity contribution in [3.63, 3.8) is 0 Å². The summed E-state index contributed by atoms with van der Waals surface area (Å²) in [5, 5.41) is 110. The van der Waals surface area contributed by atoms with Gasteiger partial charge in [-0.25, -0.2) is 0 Å². The van der Waals surface area contributed by atoms with Gasteiger partial charge in [-0.1, -0.05) is 0 Å². The summed E-state index contributed by atoms with van der Waals surface area (Å²) >= 11 is 0. The minimum atomic E-state index is -1.79. The highest BCUT2D eigenvalue weighted by molar-refractivity contribution is 4.98. The normalized spacial score (nSPS) is 59.7. The Morgan fingerprint density at radius 1 is 0.220 bits per heavy atom. The smallest absolute Gasteiger partial charge is 0.187 e. The molecule has 15 rings (SSSR count). The molecular formula is C30H50O20. The SMILES string of the molecule is C[C@@H]1O[C@H]2O[C@@H]3[C@@H](O)[C@@H](O)[C@H](O[C@@H]4[C@@H](O)[C@@H](O)[C@H](O[C@@H]5[C@@H](O)[C@@H](O)[C@H](O[C@@H]6[C@@H](O)[C@@H](O)[C@H](O[C@@H]1[C@@H](O)[C@H]2O)O[C@H]6C)O[C@H]5C)O[C@H]4C)O[C@H]3C. The first-order valence-electron chi connectivity index (χ1n) is 16.8. The second kappa shape index (κ2) is 15.1. The Bertz CT molecular complexity index is 941. The molecule has 15 aliphatic rings. The highest BCUT2D eigenvalue weighted by Gasteiger charge is 2.56. The van der Waals surface area contributed by atoms with Gasteiger partial charge in [0.25, 0.3) is 0 Å². The molecule has 20 heteroatoms. The maximum atomic E-state index is 11.1. The van der Waals surface area contributed by atoms with E-state index in [1.165, 1.54) is 34.6 Å². The summed E-state index contributed by atoms with van der Waals surface area (Å²) < 4.78 is 58.0. The summed E-state index contributed by atoms with van der Waals surface area (Å²) in [4.78, 5) is 0. The van der Waals surface area contributed by atoms with Crippen molar-refractivity contribution in [2.75, 3.05) is 0 Å². The van der Waals surface area contributed by atoms with Crippen molar-refractivity contribution in [3.8, 4) is 0 Å². The topological polar surface area (TPSA) is 295 Å². The van der Waals surface area contributed by atoms with Gasteiger partial charge in [-0.05, 0) is 34.6 Å². The number of rotatable bonds is 0. The third-order valence-corrected chi connectivity index (χ3v) is 10.3. The zero-order chi connectivity index (χ0) is 36.5. The third-order valence-electron chi connectivity index (χ3n) is 10.3. The Hall–Kier alpha value is -0.800. The minimum absolute atomic E-state index is 1.03. The predicted molar refractivity (Wildman–Crippen MR) is 156 cm³/mol. The molecule has 10 bridgehead atoms. The summed E-state index contributed by atoms with van der Waals surface area (Å²) in [6, 6.07) is 0. The van der Waals surface area contributed by atoms with Crippen molar-refractivity contribution < 1.29 is 98.4 Å². The van der Waals surface area contributed by atoms with E-state index in [1.54, 1.807) is 0 Å². The van der Waals surface area contributed by atoms with Crippen LogP contribution in [0.4, 0.5) is 0 Å². The molecule has 10 N–H and O–H groups in total. The minimum Gasteiger partial charge on any atom is -0.387 e. The highest BCUT2D eigenvalue weighted by atomic mass is 16.8. The second-order valence-electron chi connectivity index (χ2n) is 14.0. The zero-order valence-corrected chi connectivity index (χ0v) is 28.0. The van der Waals surface area contributed by atoms with Crippen LogP contribution in [0.25, 0.3) is 0 Å². The molecule has 0 amide bonds. The van der Waals surface area contributed by atoms with Gasteiger partial charge in [-0.2, -0.15) is 0 Å². The van der Waals surface area contributed by atoms with Gasteiger partial charge in [0.05, 0.1) is 30.5 Å². The molecule has 0 spiro atoms. The van der Waals surface area contributed by atoms with E-state index in [9.17, 15) is 51.1 Å². The van der Waals surface area contributed by atoms with Crippen molar-refractivity contribution in [1.82, 2.24) is 0 Å². The van der Waals surface area contributed by atoms with E-state index in [2.05, 4.69) is 0 Å². The lowest BCUT2D eigenvalue weighted by Gasteiger charge is -2.48. The molecule has 15 aliphatic heterocycles. The maximum absolute atomic E-state index is 11.1. The fourth-order valence-electron chi connectivity index (χ4n) is 7.31. The average Bonchev–Trinajstić information content (AvgIpc) is 3.06. The van der Waals surface area contributed by atoms with Crippen molar-refractivity contribution in [1.29, 1.82) is 0 Å². The molecular weight excluding hydrogens is 680 g/mol. The number of hydrogen-bond acceptors (Lipinski definition) is 20. The second-order valence-corrected chi connectivity index (χ2v) is 14.0. The highest BCUT2D eigenvalue weighted by Crippen LogP contribution is 2.36. The van der Waals surface area contributed by atoms with Crippen LogP contribution in [0.5, 0.6) is 0 Å². The van der Waals surface area contributed by atoms with E-state index in [1.807, 2.05) is 0 Å². The van der Waals surface area contributed by atoms with Gasteiger partial charge in [0.1, 0.15) is 91.6 Å². The van der Waals surface area contributed by atoms with Crippen LogP contribution in [0.2, 0.25) is 0 Å². The summed E-state index contributed by atoms with van der Waals surface area (Å²) in [6.07, 6.45) is -37.1. The Kier molecular flexibility index (Phi) is 11.8. The van der Waals surface area contributed by atoms with Crippen LogP contribution >= 0.6 is 0 Å². The Morgan fingerprint density at radius 2 is 0.360 bits per heavy atom. The molecule has 290 valence electrons. The first kappa shape index (κ1) is 38.9. The van der Waals surface area contributed by atoms with E-state index in [0.29, 0.717) is 0 Å². The lowest BCUT2D eigenvalue weighted by molar-refractivity contribution is -0.382. The largest absolute Gasteiger partial charge is 0.387 e. The summed E-state index contributed by atoms with van der Waals surface area (Å²) in [6.45, 7) is 7.37. The molecule has 20 nitrogen and oxygen atoms in total. The standard InChI is InChI=1S/C30H50O20/c1-6-21-11(31)16(36)26(41-6)47-22-7(2)43-28(18(38)13(22)33)49-24-9(4)45-30(20(40)15(24)35)50-25-10(5)44-29(19(39)14(25)34)48-23-8(3)42-27(46-21)17(37)12(23)32/h6-40H,1-5H3/t6-,7-,8-,9-,10-,11-,12-,13-,14-,15-,16+,17+,18+,19+,20+,21-,22-,23-,24-,25-,26-,27-,28-,29-,30-/m0/s1. The van der Waals surface area contributed by atoms with Crippen LogP contribution in [-0.4, -0.2) is 205 Å². The summed E-state index contributed by atoms with van der Waals surface area (Å²) in [5.74, 6) is 0. The lowest BCUT2D eigenvalue weighted by atomic mass is 9.96. The first-order valence-corrected chi connectivity index (χ1v) is 16.8. The molecule has 15 saturated heterocycles. The van der Waals surface area contributed by atoms with E-state index in [0.717, 1.165) is 0 Å². The maximum Gasteiger partial charge on any atom is 0.187 e.